The van der Waals surface area contributed by atoms with Gasteiger partial charge >= 0.3 is 11.9 Å². The number of esters is 1. The number of carbonyl (C=O) groups is 2. The van der Waals surface area contributed by atoms with Gasteiger partial charge in [0.15, 0.2) is 0 Å². The van der Waals surface area contributed by atoms with Gasteiger partial charge < -0.3 is 28.8 Å². The molecule has 0 amide bonds. The minimum Gasteiger partial charge on any atom is -0.497 e. The van der Waals surface area contributed by atoms with E-state index in [2.05, 4.69) is 31.0 Å². The summed E-state index contributed by atoms with van der Waals surface area (Å²) in [5.74, 6) is 0.275. The fraction of sp³-hybridized carbons (Fsp3) is 0.234. The van der Waals surface area contributed by atoms with Crippen LogP contribution in [0.3, 0.4) is 0 Å². The zero-order valence-electron chi connectivity index (χ0n) is 33.0. The first-order valence-corrected chi connectivity index (χ1v) is 18.7. The summed E-state index contributed by atoms with van der Waals surface area (Å²) in [6.07, 6.45) is 5.60. The monoisotopic (exact) mass is 768 g/mol. The summed E-state index contributed by atoms with van der Waals surface area (Å²) in [6, 6.07) is 33.8. The lowest BCUT2D eigenvalue weighted by atomic mass is 9.97. The van der Waals surface area contributed by atoms with E-state index in [4.69, 9.17) is 33.8 Å². The number of aromatic carboxylic acids is 1. The number of pyridine rings is 2. The molecule has 10 heteroatoms. The molecule has 6 rings (SSSR count). The van der Waals surface area contributed by atoms with Crippen LogP contribution >= 0.6 is 0 Å². The maximum Gasteiger partial charge on any atom is 0.337 e. The number of ether oxygens (including phenoxy) is 5. The minimum atomic E-state index is -0.943. The standard InChI is InChI=1S/C24H25NO4.C23H23NO4/c1-4-13-29-16-17-14-22(18-5-7-20(8-6-18)24(26)28-3)23(25-15-17)19-9-11-21(27-2)12-10-19;1-3-12-28-15-16-13-21(17-4-6-19(7-5-17)23(25)26)22(24-14-16)18-8-10-20(27-2)11-9-18/h5-12,14-15H,4,13,16H2,1-3H3;4-11,13-14H,3,12,15H2,1-2H3,(H,25,26). The molecule has 10 nitrogen and oxygen atoms in total. The molecule has 0 unspecified atom stereocenters. The smallest absolute Gasteiger partial charge is 0.337 e. The van der Waals surface area contributed by atoms with E-state index in [1.54, 1.807) is 38.5 Å². The highest BCUT2D eigenvalue weighted by Crippen LogP contribution is 2.34. The van der Waals surface area contributed by atoms with Crippen molar-refractivity contribution in [2.45, 2.75) is 39.9 Å². The molecule has 0 atom stereocenters. The van der Waals surface area contributed by atoms with Gasteiger partial charge in [-0.15, -0.1) is 0 Å². The van der Waals surface area contributed by atoms with Crippen LogP contribution in [0.4, 0.5) is 0 Å². The number of hydrogen-bond acceptors (Lipinski definition) is 9. The lowest BCUT2D eigenvalue weighted by Crippen LogP contribution is -2.01. The molecule has 0 bridgehead atoms. The normalized spacial score (nSPS) is 10.6. The average Bonchev–Trinajstić information content (AvgIpc) is 3.26. The molecule has 2 aromatic heterocycles. The Hall–Kier alpha value is -6.36. The minimum absolute atomic E-state index is 0.255. The van der Waals surface area contributed by atoms with Crippen molar-refractivity contribution in [3.63, 3.8) is 0 Å². The van der Waals surface area contributed by atoms with E-state index in [0.717, 1.165) is 80.2 Å². The molecule has 1 N–H and O–H groups in total. The molecule has 0 spiro atoms. The van der Waals surface area contributed by atoms with Crippen LogP contribution in [-0.2, 0) is 27.4 Å². The summed E-state index contributed by atoms with van der Waals surface area (Å²) in [7, 11) is 4.65. The van der Waals surface area contributed by atoms with Crippen LogP contribution in [0.25, 0.3) is 44.8 Å². The number of benzene rings is 4. The molecule has 0 aliphatic rings. The Kier molecular flexibility index (Phi) is 15.5. The highest BCUT2D eigenvalue weighted by molar-refractivity contribution is 5.91. The van der Waals surface area contributed by atoms with Crippen LogP contribution in [-0.4, -0.2) is 61.6 Å². The van der Waals surface area contributed by atoms with Gasteiger partial charge in [-0.25, -0.2) is 9.59 Å². The van der Waals surface area contributed by atoms with Gasteiger partial charge in [-0.1, -0.05) is 38.1 Å². The highest BCUT2D eigenvalue weighted by Gasteiger charge is 2.14. The Morgan fingerprint density at radius 1 is 0.544 bits per heavy atom. The fourth-order valence-electron chi connectivity index (χ4n) is 5.94. The third-order valence-corrected chi connectivity index (χ3v) is 8.91. The van der Waals surface area contributed by atoms with E-state index in [0.29, 0.717) is 32.0 Å². The Morgan fingerprint density at radius 3 is 1.28 bits per heavy atom. The first-order valence-electron chi connectivity index (χ1n) is 18.7. The number of nitrogens with zero attached hydrogens (tertiary/aromatic N) is 2. The molecule has 0 saturated carbocycles. The Balaban J connectivity index is 0.000000218. The van der Waals surface area contributed by atoms with Gasteiger partial charge in [0, 0.05) is 47.9 Å². The van der Waals surface area contributed by atoms with Crippen molar-refractivity contribution >= 4 is 11.9 Å². The summed E-state index contributed by atoms with van der Waals surface area (Å²) in [6.45, 7) is 6.56. The van der Waals surface area contributed by atoms with Gasteiger partial charge in [-0.2, -0.15) is 0 Å². The number of hydrogen-bond donors (Lipinski definition) is 1. The van der Waals surface area contributed by atoms with Crippen molar-refractivity contribution in [1.29, 1.82) is 0 Å². The quantitative estimate of drug-likeness (QED) is 0.0751. The van der Waals surface area contributed by atoms with Gasteiger partial charge in [0.2, 0.25) is 0 Å². The van der Waals surface area contributed by atoms with Crippen LogP contribution in [0.1, 0.15) is 58.5 Å². The second-order valence-electron chi connectivity index (χ2n) is 13.0. The SMILES string of the molecule is CCCOCc1cnc(-c2ccc(OC)cc2)c(-c2ccc(C(=O)O)cc2)c1.CCCOCc1cnc(-c2ccc(OC)cc2)c(-c2ccc(C(=O)OC)cc2)c1. The first-order chi connectivity index (χ1) is 27.8. The maximum atomic E-state index is 11.7. The molecule has 2 heterocycles. The number of carbonyl (C=O) groups excluding carboxylic acids is 1. The number of aromatic nitrogens is 2. The highest BCUT2D eigenvalue weighted by atomic mass is 16.5. The second-order valence-corrected chi connectivity index (χ2v) is 13.0. The largest absolute Gasteiger partial charge is 0.497 e. The molecule has 0 saturated heterocycles. The summed E-state index contributed by atoms with van der Waals surface area (Å²) in [5.41, 5.74) is 10.1. The molecule has 294 valence electrons. The van der Waals surface area contributed by atoms with Crippen LogP contribution in [0.5, 0.6) is 11.5 Å². The van der Waals surface area contributed by atoms with Crippen LogP contribution in [0, 0.1) is 0 Å². The molecule has 0 fully saturated rings. The van der Waals surface area contributed by atoms with E-state index >= 15 is 0 Å². The number of carboxylic acids is 1. The summed E-state index contributed by atoms with van der Waals surface area (Å²) in [4.78, 5) is 32.3. The van der Waals surface area contributed by atoms with E-state index < -0.39 is 5.97 Å². The molecular weight excluding hydrogens is 721 g/mol. The average molecular weight is 769 g/mol. The number of methoxy groups -OCH3 is 3. The molecular formula is C47H48N2O8. The Morgan fingerprint density at radius 2 is 0.930 bits per heavy atom. The van der Waals surface area contributed by atoms with Gasteiger partial charge in [-0.05, 0) is 120 Å². The van der Waals surface area contributed by atoms with Gasteiger partial charge in [0.05, 0.1) is 57.1 Å². The molecule has 57 heavy (non-hydrogen) atoms. The van der Waals surface area contributed by atoms with Crippen molar-refractivity contribution in [3.8, 4) is 56.3 Å². The zero-order valence-corrected chi connectivity index (χ0v) is 33.0. The van der Waals surface area contributed by atoms with Gasteiger partial charge in [-0.3, -0.25) is 9.97 Å². The Bertz CT molecular complexity index is 2200. The third-order valence-electron chi connectivity index (χ3n) is 8.91. The van der Waals surface area contributed by atoms with Crippen molar-refractivity contribution in [2.24, 2.45) is 0 Å². The van der Waals surface area contributed by atoms with E-state index in [9.17, 15) is 9.59 Å². The predicted molar refractivity (Wildman–Crippen MR) is 222 cm³/mol. The van der Waals surface area contributed by atoms with Crippen molar-refractivity contribution in [2.75, 3.05) is 34.5 Å². The third kappa shape index (κ3) is 11.3. The van der Waals surface area contributed by atoms with Crippen LogP contribution in [0.15, 0.2) is 122 Å². The lowest BCUT2D eigenvalue weighted by molar-refractivity contribution is 0.0599. The van der Waals surface area contributed by atoms with Crippen LogP contribution < -0.4 is 9.47 Å². The van der Waals surface area contributed by atoms with Crippen molar-refractivity contribution < 1.29 is 38.4 Å². The Labute approximate surface area is 334 Å². The van der Waals surface area contributed by atoms with E-state index in [1.165, 1.54) is 7.11 Å². The second kappa shape index (κ2) is 21.1. The summed E-state index contributed by atoms with van der Waals surface area (Å²) in [5, 5.41) is 9.15. The van der Waals surface area contributed by atoms with Crippen molar-refractivity contribution in [3.05, 3.63) is 144 Å². The number of carboxylic acid groups (broad SMARTS) is 1. The summed E-state index contributed by atoms with van der Waals surface area (Å²) < 4.78 is 26.6. The summed E-state index contributed by atoms with van der Waals surface area (Å²) >= 11 is 0. The molecule has 6 aromatic rings. The van der Waals surface area contributed by atoms with Crippen molar-refractivity contribution in [1.82, 2.24) is 9.97 Å². The van der Waals surface area contributed by atoms with Crippen LogP contribution in [0.2, 0.25) is 0 Å². The van der Waals surface area contributed by atoms with E-state index in [1.807, 2.05) is 85.2 Å². The molecule has 4 aromatic carbocycles. The number of rotatable bonds is 16. The lowest BCUT2D eigenvalue weighted by Gasteiger charge is -2.13. The first kappa shape index (κ1) is 41.8. The topological polar surface area (TPSA) is 126 Å². The maximum absolute atomic E-state index is 11.7. The van der Waals surface area contributed by atoms with Gasteiger partial charge in [0.25, 0.3) is 0 Å². The van der Waals surface area contributed by atoms with Gasteiger partial charge in [0.1, 0.15) is 11.5 Å². The predicted octanol–water partition coefficient (Wildman–Crippen LogP) is 10.2. The fourth-order valence-corrected chi connectivity index (χ4v) is 5.94. The zero-order chi connectivity index (χ0) is 40.6. The molecule has 0 aliphatic heterocycles. The molecule has 0 aliphatic carbocycles. The van der Waals surface area contributed by atoms with E-state index in [-0.39, 0.29) is 11.5 Å². The molecule has 0 radical (unpaired) electrons.